The van der Waals surface area contributed by atoms with Crippen molar-refractivity contribution >= 4 is 16.2 Å². The normalized spacial score (nSPS) is 24.8. The predicted molar refractivity (Wildman–Crippen MR) is 61.2 cm³/mol. The zero-order valence-electron chi connectivity index (χ0n) is 11.0. The molecule has 98 valence electrons. The van der Waals surface area contributed by atoms with Crippen molar-refractivity contribution in [3.05, 3.63) is 12.2 Å². The van der Waals surface area contributed by atoms with Crippen LogP contribution in [0.4, 0.5) is 0 Å². The van der Waals surface area contributed by atoms with E-state index in [1.807, 2.05) is 0 Å². The fourth-order valence-electron chi connectivity index (χ4n) is 1.39. The topological polar surface area (TPSA) is 99.0 Å². The van der Waals surface area contributed by atoms with Crippen LogP contribution in [0.15, 0.2) is 17.1 Å². The second-order valence-corrected chi connectivity index (χ2v) is 6.49. The molecule has 6 nitrogen and oxygen atoms in total. The second-order valence-electron chi connectivity index (χ2n) is 4.85. The summed E-state index contributed by atoms with van der Waals surface area (Å²) in [5, 5.41) is 10.3. The predicted octanol–water partition coefficient (Wildman–Crippen LogP) is -2.89. The van der Waals surface area contributed by atoms with Gasteiger partial charge in [0.05, 0.1) is 6.04 Å². The second kappa shape index (κ2) is 6.38. The number of nitrogens with zero attached hydrogens (tertiary/aromatic N) is 1. The first-order valence-electron chi connectivity index (χ1n) is 5.16. The monoisotopic (exact) mass is 285 g/mol. The van der Waals surface area contributed by atoms with Crippen molar-refractivity contribution in [3.8, 4) is 0 Å². The molecule has 2 atom stereocenters. The Hall–Kier alpha value is -0.0800. The maximum atomic E-state index is 11.3. The summed E-state index contributed by atoms with van der Waals surface area (Å²) in [6, 6.07) is -0.559. The molecule has 1 N–H and O–H groups in total. The summed E-state index contributed by atoms with van der Waals surface area (Å²) in [5.41, 5.74) is -0.634. The van der Waals surface area contributed by atoms with Crippen LogP contribution in [0.25, 0.3) is 0 Å². The van der Waals surface area contributed by atoms with Crippen molar-refractivity contribution in [2.75, 3.05) is 0 Å². The molecule has 0 aromatic carbocycles. The maximum Gasteiger partial charge on any atom is 1.00 e. The molecule has 1 aliphatic carbocycles. The maximum absolute atomic E-state index is 11.3. The Balaban J connectivity index is 0.00000289. The van der Waals surface area contributed by atoms with Gasteiger partial charge in [-0.15, -0.1) is 0 Å². The van der Waals surface area contributed by atoms with Gasteiger partial charge in [0, 0.05) is 5.60 Å². The van der Waals surface area contributed by atoms with Crippen LogP contribution >= 0.6 is 0 Å². The van der Waals surface area contributed by atoms with Gasteiger partial charge in [0.25, 0.3) is 10.1 Å². The molecule has 0 amide bonds. The van der Waals surface area contributed by atoms with Crippen molar-refractivity contribution in [1.29, 1.82) is 0 Å². The Morgan fingerprint density at radius 2 is 2.00 bits per heavy atom. The molecule has 0 fully saturated rings. The minimum atomic E-state index is -4.11. The molecule has 0 spiro atoms. The van der Waals surface area contributed by atoms with Gasteiger partial charge in [-0.1, -0.05) is 32.9 Å². The third kappa shape index (κ3) is 6.19. The third-order valence-electron chi connectivity index (χ3n) is 2.07. The molecule has 0 radical (unpaired) electrons. The first-order chi connectivity index (χ1) is 7.58. The van der Waals surface area contributed by atoms with E-state index in [0.717, 1.165) is 0 Å². The Bertz CT molecular complexity index is 438. The van der Waals surface area contributed by atoms with Gasteiger partial charge in [0.15, 0.2) is 0 Å². The molecular weight excluding hydrogens is 269 g/mol. The van der Waals surface area contributed by atoms with Crippen LogP contribution in [-0.4, -0.2) is 35.9 Å². The largest absolute Gasteiger partial charge is 1.00 e. The zero-order chi connectivity index (χ0) is 13.3. The smallest absolute Gasteiger partial charge is 0.595 e. The first kappa shape index (κ1) is 17.9. The van der Waals surface area contributed by atoms with E-state index < -0.39 is 33.1 Å². The Morgan fingerprint density at radius 1 is 1.44 bits per heavy atom. The van der Waals surface area contributed by atoms with Gasteiger partial charge in [-0.3, -0.25) is 9.55 Å². The fraction of sp³-hybridized carbons (Fsp3) is 0.700. The standard InChI is InChI=1S/C10H17NO5S.Na/c1-10(2,3)16-9(12)11-7-4-5-8(6-7)17(13,14)15;/h4-5,7-8H,6H2,1-3H3,(H,11,12)(H,13,14,15);/q;+1/p-1/t7-,8+;/m1./s1. The quantitative estimate of drug-likeness (QED) is 0.193. The van der Waals surface area contributed by atoms with E-state index in [0.29, 0.717) is 0 Å². The summed E-state index contributed by atoms with van der Waals surface area (Å²) in [6.07, 6.45) is 2.14. The number of rotatable bonds is 2. The van der Waals surface area contributed by atoms with Crippen molar-refractivity contribution in [2.24, 2.45) is 4.99 Å². The van der Waals surface area contributed by atoms with Crippen LogP contribution in [-0.2, 0) is 14.9 Å². The summed E-state index contributed by atoms with van der Waals surface area (Å²) in [6.45, 7) is 5.14. The Kier molecular flexibility index (Phi) is 6.35. The summed E-state index contributed by atoms with van der Waals surface area (Å²) in [5.74, 6) is 0. The van der Waals surface area contributed by atoms with Crippen molar-refractivity contribution in [3.63, 3.8) is 0 Å². The molecular formula is C10H16NNaO5S. The minimum Gasteiger partial charge on any atom is -0.595 e. The molecule has 0 unspecified atom stereocenters. The average molecular weight is 285 g/mol. The van der Waals surface area contributed by atoms with E-state index in [9.17, 15) is 13.5 Å². The van der Waals surface area contributed by atoms with Gasteiger partial charge < -0.3 is 9.84 Å². The number of ether oxygens (including phenoxy) is 1. The fourth-order valence-corrected chi connectivity index (χ4v) is 2.12. The Labute approximate surface area is 129 Å². The first-order valence-corrected chi connectivity index (χ1v) is 6.67. The molecule has 0 saturated heterocycles. The molecule has 0 aliphatic heterocycles. The van der Waals surface area contributed by atoms with Crippen molar-refractivity contribution in [2.45, 2.75) is 44.1 Å². The molecule has 0 bridgehead atoms. The summed E-state index contributed by atoms with van der Waals surface area (Å²) >= 11 is 0. The van der Waals surface area contributed by atoms with Crippen LogP contribution in [0.5, 0.6) is 0 Å². The molecule has 8 heteroatoms. The van der Waals surface area contributed by atoms with E-state index in [2.05, 4.69) is 4.99 Å². The van der Waals surface area contributed by atoms with Crippen molar-refractivity contribution < 1.29 is 52.4 Å². The molecule has 18 heavy (non-hydrogen) atoms. The van der Waals surface area contributed by atoms with E-state index in [1.165, 1.54) is 12.2 Å². The van der Waals surface area contributed by atoms with E-state index >= 15 is 0 Å². The number of hydrogen-bond donors (Lipinski definition) is 1. The molecule has 0 aromatic heterocycles. The van der Waals surface area contributed by atoms with Crippen LogP contribution < -0.4 is 34.7 Å². The van der Waals surface area contributed by atoms with Crippen molar-refractivity contribution in [1.82, 2.24) is 0 Å². The third-order valence-corrected chi connectivity index (χ3v) is 3.18. The van der Waals surface area contributed by atoms with E-state index in [4.69, 9.17) is 9.29 Å². The van der Waals surface area contributed by atoms with Gasteiger partial charge in [-0.2, -0.15) is 8.42 Å². The molecule has 0 aromatic rings. The van der Waals surface area contributed by atoms with E-state index in [-0.39, 0.29) is 36.0 Å². The zero-order valence-corrected chi connectivity index (χ0v) is 13.8. The van der Waals surface area contributed by atoms with Crippen LogP contribution in [0.1, 0.15) is 27.2 Å². The molecule has 1 rings (SSSR count). The van der Waals surface area contributed by atoms with Gasteiger partial charge in [0.1, 0.15) is 11.3 Å². The molecule has 1 aliphatic rings. The summed E-state index contributed by atoms with van der Waals surface area (Å²) < 4.78 is 35.5. The molecule has 0 heterocycles. The summed E-state index contributed by atoms with van der Waals surface area (Å²) in [4.78, 5) is 3.70. The van der Waals surface area contributed by atoms with E-state index in [1.54, 1.807) is 20.8 Å². The SMILES string of the molecule is CC(C)(C)OC([O-])=N[C@@H]1C=C[C@H](S(=O)(=O)O)C1.[Na+]. The van der Waals surface area contributed by atoms with Crippen LogP contribution in [0, 0.1) is 0 Å². The number of hydrogen-bond acceptors (Lipinski definition) is 5. The van der Waals surface area contributed by atoms with Gasteiger partial charge in [-0.05, 0) is 6.42 Å². The Morgan fingerprint density at radius 3 is 2.39 bits per heavy atom. The minimum absolute atomic E-state index is 0. The van der Waals surface area contributed by atoms with Gasteiger partial charge in [-0.25, -0.2) is 0 Å². The van der Waals surface area contributed by atoms with Crippen LogP contribution in [0.3, 0.4) is 0 Å². The average Bonchev–Trinajstić information content (AvgIpc) is 2.47. The van der Waals surface area contributed by atoms with Gasteiger partial charge >= 0.3 is 29.6 Å². The van der Waals surface area contributed by atoms with Crippen LogP contribution in [0.2, 0.25) is 0 Å². The number of aliphatic imine (C=N–C) groups is 1. The summed E-state index contributed by atoms with van der Waals surface area (Å²) in [7, 11) is -4.11. The van der Waals surface area contributed by atoms with Gasteiger partial charge in [0.2, 0.25) is 0 Å². The molecule has 0 saturated carbocycles.